The summed E-state index contributed by atoms with van der Waals surface area (Å²) >= 11 is 0. The van der Waals surface area contributed by atoms with Crippen LogP contribution in [0.3, 0.4) is 0 Å². The van der Waals surface area contributed by atoms with E-state index in [2.05, 4.69) is 23.3 Å². The molecule has 1 unspecified atom stereocenters. The number of amides is 1. The van der Waals surface area contributed by atoms with E-state index >= 15 is 0 Å². The molecule has 1 N–H and O–H groups in total. The number of carbonyl (C=O) groups excluding carboxylic acids is 1. The number of rotatable bonds is 3. The van der Waals surface area contributed by atoms with E-state index in [4.69, 9.17) is 9.47 Å². The Morgan fingerprint density at radius 3 is 3.04 bits per heavy atom. The van der Waals surface area contributed by atoms with Crippen LogP contribution in [-0.2, 0) is 9.53 Å². The van der Waals surface area contributed by atoms with Gasteiger partial charge in [-0.3, -0.25) is 4.79 Å². The molecule has 1 saturated heterocycles. The Labute approximate surface area is 141 Å². The molecule has 1 amide bonds. The number of hydrogen-bond donors (Lipinski definition) is 1. The van der Waals surface area contributed by atoms with Crippen molar-refractivity contribution in [1.82, 2.24) is 9.88 Å². The maximum atomic E-state index is 12.5. The smallest absolute Gasteiger partial charge is 0.228 e. The quantitative estimate of drug-likeness (QED) is 0.943. The van der Waals surface area contributed by atoms with Crippen LogP contribution in [0.15, 0.2) is 30.5 Å². The lowest BCUT2D eigenvalue weighted by molar-refractivity contribution is -0.135. The fraction of sp³-hybridized carbons (Fsp3) is 0.421. The van der Waals surface area contributed by atoms with E-state index < -0.39 is 0 Å². The molecule has 5 nitrogen and oxygen atoms in total. The molecule has 24 heavy (non-hydrogen) atoms. The Balaban J connectivity index is 1.54. The third kappa shape index (κ3) is 2.69. The number of hydrogen-bond acceptors (Lipinski definition) is 3. The average Bonchev–Trinajstić information content (AvgIpc) is 3.30. The summed E-state index contributed by atoms with van der Waals surface area (Å²) in [5.74, 6) is 1.15. The summed E-state index contributed by atoms with van der Waals surface area (Å²) in [7, 11) is 1.68. The molecule has 0 bridgehead atoms. The van der Waals surface area contributed by atoms with Crippen molar-refractivity contribution in [2.75, 3.05) is 33.4 Å². The van der Waals surface area contributed by atoms with Crippen molar-refractivity contribution >= 4 is 22.4 Å². The van der Waals surface area contributed by atoms with Crippen molar-refractivity contribution in [3.05, 3.63) is 36.0 Å². The van der Waals surface area contributed by atoms with E-state index in [9.17, 15) is 4.79 Å². The third-order valence-corrected chi connectivity index (χ3v) is 5.03. The van der Waals surface area contributed by atoms with Gasteiger partial charge in [-0.25, -0.2) is 0 Å². The fourth-order valence-corrected chi connectivity index (χ4v) is 3.59. The van der Waals surface area contributed by atoms with E-state index in [-0.39, 0.29) is 11.8 Å². The summed E-state index contributed by atoms with van der Waals surface area (Å²) in [6.45, 7) is 2.75. The van der Waals surface area contributed by atoms with Gasteiger partial charge in [-0.2, -0.15) is 0 Å². The number of fused-ring (bicyclic) bond motifs is 1. The zero-order valence-corrected chi connectivity index (χ0v) is 13.9. The molecule has 0 spiro atoms. The molecule has 1 aromatic heterocycles. The predicted octanol–water partition coefficient (Wildman–Crippen LogP) is 2.83. The highest BCUT2D eigenvalue weighted by Crippen LogP contribution is 2.32. The highest BCUT2D eigenvalue weighted by molar-refractivity contribution is 5.94. The molecule has 1 aromatic carbocycles. The van der Waals surface area contributed by atoms with Gasteiger partial charge < -0.3 is 19.4 Å². The van der Waals surface area contributed by atoms with E-state index in [0.717, 1.165) is 30.7 Å². The number of aromatic amines is 1. The van der Waals surface area contributed by atoms with Gasteiger partial charge in [0.1, 0.15) is 5.75 Å². The first-order valence-electron chi connectivity index (χ1n) is 8.47. The van der Waals surface area contributed by atoms with Crippen LogP contribution >= 0.6 is 0 Å². The molecule has 1 fully saturated rings. The lowest BCUT2D eigenvalue weighted by Crippen LogP contribution is -2.39. The van der Waals surface area contributed by atoms with Gasteiger partial charge in [0.25, 0.3) is 0 Å². The van der Waals surface area contributed by atoms with Crippen LogP contribution in [0.25, 0.3) is 16.5 Å². The van der Waals surface area contributed by atoms with Crippen molar-refractivity contribution in [2.45, 2.75) is 12.8 Å². The number of ether oxygens (including phenoxy) is 2. The molecule has 1 atom stereocenters. The standard InChI is InChI=1S/C19H22N2O3/c1-23-15-2-3-18-16(10-15)17(11-20-18)13-4-7-21(8-5-13)19(22)14-6-9-24-12-14/h2-4,10-11,14,20H,5-9,12H2,1H3. The number of H-pyrrole nitrogens is 1. The van der Waals surface area contributed by atoms with Crippen LogP contribution in [-0.4, -0.2) is 49.2 Å². The normalized spacial score (nSPS) is 21.1. The summed E-state index contributed by atoms with van der Waals surface area (Å²) in [5, 5.41) is 1.17. The zero-order chi connectivity index (χ0) is 16.5. The monoisotopic (exact) mass is 326 g/mol. The maximum absolute atomic E-state index is 12.5. The minimum atomic E-state index is 0.0531. The predicted molar refractivity (Wildman–Crippen MR) is 93.0 cm³/mol. The van der Waals surface area contributed by atoms with Crippen molar-refractivity contribution in [3.8, 4) is 5.75 Å². The Morgan fingerprint density at radius 1 is 1.42 bits per heavy atom. The van der Waals surface area contributed by atoms with Crippen LogP contribution in [0.5, 0.6) is 5.75 Å². The van der Waals surface area contributed by atoms with Crippen molar-refractivity contribution in [1.29, 1.82) is 0 Å². The highest BCUT2D eigenvalue weighted by Gasteiger charge is 2.29. The van der Waals surface area contributed by atoms with E-state index in [1.165, 1.54) is 16.5 Å². The SMILES string of the molecule is COc1ccc2[nH]cc(C3=CCN(C(=O)C4CCOC4)CC3)c2c1. The first-order chi connectivity index (χ1) is 11.8. The molecule has 0 saturated carbocycles. The molecule has 0 aliphatic carbocycles. The second kappa shape index (κ2) is 6.32. The molecular formula is C19H22N2O3. The topological polar surface area (TPSA) is 54.6 Å². The van der Waals surface area contributed by atoms with Gasteiger partial charge in [-0.1, -0.05) is 6.08 Å². The molecule has 2 aliphatic rings. The van der Waals surface area contributed by atoms with Crippen LogP contribution in [0, 0.1) is 5.92 Å². The van der Waals surface area contributed by atoms with Crippen LogP contribution < -0.4 is 4.74 Å². The number of carbonyl (C=O) groups is 1. The minimum Gasteiger partial charge on any atom is -0.497 e. The van der Waals surface area contributed by atoms with Crippen LogP contribution in [0.1, 0.15) is 18.4 Å². The van der Waals surface area contributed by atoms with Gasteiger partial charge in [-0.05, 0) is 36.6 Å². The lowest BCUT2D eigenvalue weighted by atomic mass is 9.97. The van der Waals surface area contributed by atoms with E-state index in [0.29, 0.717) is 19.8 Å². The van der Waals surface area contributed by atoms with Gasteiger partial charge in [0.15, 0.2) is 0 Å². The minimum absolute atomic E-state index is 0.0531. The first-order valence-corrected chi connectivity index (χ1v) is 8.47. The molecule has 2 aliphatic heterocycles. The van der Waals surface area contributed by atoms with Crippen LogP contribution in [0.2, 0.25) is 0 Å². The summed E-state index contributed by atoms with van der Waals surface area (Å²) < 4.78 is 10.7. The number of methoxy groups -OCH3 is 1. The molecule has 2 aromatic rings. The molecule has 0 radical (unpaired) electrons. The third-order valence-electron chi connectivity index (χ3n) is 5.03. The highest BCUT2D eigenvalue weighted by atomic mass is 16.5. The van der Waals surface area contributed by atoms with Gasteiger partial charge in [0.2, 0.25) is 5.91 Å². The van der Waals surface area contributed by atoms with Crippen molar-refractivity contribution in [2.24, 2.45) is 5.92 Å². The molecule has 5 heteroatoms. The Hall–Kier alpha value is -2.27. The second-order valence-corrected chi connectivity index (χ2v) is 6.44. The molecule has 3 heterocycles. The number of aromatic nitrogens is 1. The molecule has 126 valence electrons. The largest absolute Gasteiger partial charge is 0.497 e. The Kier molecular flexibility index (Phi) is 4.02. The van der Waals surface area contributed by atoms with Crippen molar-refractivity contribution < 1.29 is 14.3 Å². The summed E-state index contributed by atoms with van der Waals surface area (Å²) in [4.78, 5) is 17.8. The van der Waals surface area contributed by atoms with Gasteiger partial charge in [-0.15, -0.1) is 0 Å². The number of nitrogens with zero attached hydrogens (tertiary/aromatic N) is 1. The Morgan fingerprint density at radius 2 is 2.33 bits per heavy atom. The average molecular weight is 326 g/mol. The summed E-state index contributed by atoms with van der Waals surface area (Å²) in [6, 6.07) is 6.06. The zero-order valence-electron chi connectivity index (χ0n) is 13.9. The van der Waals surface area contributed by atoms with E-state index in [1.54, 1.807) is 7.11 Å². The lowest BCUT2D eigenvalue weighted by Gasteiger charge is -2.28. The maximum Gasteiger partial charge on any atom is 0.228 e. The summed E-state index contributed by atoms with van der Waals surface area (Å²) in [6.07, 6.45) is 5.97. The van der Waals surface area contributed by atoms with Crippen molar-refractivity contribution in [3.63, 3.8) is 0 Å². The Bertz CT molecular complexity index is 787. The van der Waals surface area contributed by atoms with Gasteiger partial charge >= 0.3 is 0 Å². The number of nitrogens with one attached hydrogen (secondary N) is 1. The number of benzene rings is 1. The van der Waals surface area contributed by atoms with Gasteiger partial charge in [0.05, 0.1) is 19.6 Å². The van der Waals surface area contributed by atoms with Crippen LogP contribution in [0.4, 0.5) is 0 Å². The molecule has 4 rings (SSSR count). The van der Waals surface area contributed by atoms with Gasteiger partial charge in [0, 0.05) is 42.4 Å². The summed E-state index contributed by atoms with van der Waals surface area (Å²) in [5.41, 5.74) is 3.61. The van der Waals surface area contributed by atoms with E-state index in [1.807, 2.05) is 17.0 Å². The molecular weight excluding hydrogens is 304 g/mol. The fourth-order valence-electron chi connectivity index (χ4n) is 3.59. The first kappa shape index (κ1) is 15.3. The second-order valence-electron chi connectivity index (χ2n) is 6.44.